The maximum atomic E-state index is 4.77. The molecule has 5 nitrogen and oxygen atoms in total. The number of hydrogen-bond acceptors (Lipinski definition) is 3. The molecule has 1 aliphatic heterocycles. The molecule has 6 heteroatoms. The minimum Gasteiger partial charge on any atom is -0.369 e. The van der Waals surface area contributed by atoms with Crippen molar-refractivity contribution in [3.63, 3.8) is 0 Å². The molecule has 1 aliphatic rings. The zero-order chi connectivity index (χ0) is 18.9. The van der Waals surface area contributed by atoms with Crippen LogP contribution in [0.1, 0.15) is 31.0 Å². The minimum atomic E-state index is 0. The lowest BCUT2D eigenvalue weighted by Gasteiger charge is -2.35. The lowest BCUT2D eigenvalue weighted by Crippen LogP contribution is -2.51. The fourth-order valence-electron chi connectivity index (χ4n) is 3.42. The normalized spacial score (nSPS) is 17.0. The zero-order valence-corrected chi connectivity index (χ0v) is 19.2. The molecule has 2 N–H and O–H groups in total. The Bertz CT molecular complexity index is 717. The second-order valence-electron chi connectivity index (χ2n) is 7.08. The van der Waals surface area contributed by atoms with Gasteiger partial charge in [0.15, 0.2) is 5.96 Å². The maximum absolute atomic E-state index is 4.77. The van der Waals surface area contributed by atoms with Gasteiger partial charge in [0.05, 0.1) is 0 Å². The van der Waals surface area contributed by atoms with E-state index < -0.39 is 0 Å². The number of guanidine groups is 1. The number of aliphatic imine (C=N–C) groups is 1. The molecule has 0 saturated carbocycles. The van der Waals surface area contributed by atoms with E-state index in [9.17, 15) is 0 Å². The van der Waals surface area contributed by atoms with Crippen molar-refractivity contribution in [2.24, 2.45) is 4.99 Å². The van der Waals surface area contributed by atoms with E-state index in [1.165, 1.54) is 24.1 Å². The standard InChI is InChI=1S/C22H31N5.HI/c1-3-23-22(24-14-13-19-12-11-18(2)25-16-19)26-20-8-7-15-27(17-20)21-9-5-4-6-10-21;/h4-6,9-12,16,20H,3,7-8,13-15,17H2,1-2H3,(H2,23,24,26);1H. The van der Waals surface area contributed by atoms with Gasteiger partial charge in [-0.05, 0) is 56.9 Å². The summed E-state index contributed by atoms with van der Waals surface area (Å²) < 4.78 is 0. The van der Waals surface area contributed by atoms with Crippen LogP contribution in [0.2, 0.25) is 0 Å². The largest absolute Gasteiger partial charge is 0.369 e. The first-order valence-corrected chi connectivity index (χ1v) is 10.0. The van der Waals surface area contributed by atoms with Crippen molar-refractivity contribution >= 4 is 35.6 Å². The lowest BCUT2D eigenvalue weighted by molar-refractivity contribution is 0.468. The number of aromatic nitrogens is 1. The van der Waals surface area contributed by atoms with Gasteiger partial charge < -0.3 is 15.5 Å². The number of hydrogen-bond donors (Lipinski definition) is 2. The van der Waals surface area contributed by atoms with Gasteiger partial charge in [0.1, 0.15) is 0 Å². The summed E-state index contributed by atoms with van der Waals surface area (Å²) in [5, 5.41) is 7.02. The van der Waals surface area contributed by atoms with Gasteiger partial charge >= 0.3 is 0 Å². The molecule has 1 fully saturated rings. The van der Waals surface area contributed by atoms with Gasteiger partial charge in [0.25, 0.3) is 0 Å². The van der Waals surface area contributed by atoms with Gasteiger partial charge in [-0.25, -0.2) is 0 Å². The third-order valence-corrected chi connectivity index (χ3v) is 4.87. The fraction of sp³-hybridized carbons (Fsp3) is 0.455. The number of rotatable bonds is 6. The summed E-state index contributed by atoms with van der Waals surface area (Å²) in [6.07, 6.45) is 5.23. The lowest BCUT2D eigenvalue weighted by atomic mass is 10.1. The minimum absolute atomic E-state index is 0. The third kappa shape index (κ3) is 6.96. The summed E-state index contributed by atoms with van der Waals surface area (Å²) in [5.74, 6) is 0.914. The Morgan fingerprint density at radius 2 is 2.04 bits per heavy atom. The van der Waals surface area contributed by atoms with Crippen LogP contribution in [-0.4, -0.2) is 43.2 Å². The number of benzene rings is 1. The van der Waals surface area contributed by atoms with Crippen LogP contribution in [0.15, 0.2) is 53.7 Å². The predicted molar refractivity (Wildman–Crippen MR) is 129 cm³/mol. The molecule has 2 heterocycles. The van der Waals surface area contributed by atoms with Crippen LogP contribution in [0.5, 0.6) is 0 Å². The molecular formula is C22H32IN5. The molecule has 0 radical (unpaired) electrons. The average molecular weight is 493 g/mol. The first-order valence-electron chi connectivity index (χ1n) is 10.0. The Kier molecular flexibility index (Phi) is 9.54. The van der Waals surface area contributed by atoms with Gasteiger partial charge in [0.2, 0.25) is 0 Å². The molecule has 2 aromatic rings. The number of aryl methyl sites for hydroxylation is 1. The summed E-state index contributed by atoms with van der Waals surface area (Å²) in [7, 11) is 0. The Labute approximate surface area is 186 Å². The van der Waals surface area contributed by atoms with Crippen LogP contribution < -0.4 is 15.5 Å². The second kappa shape index (κ2) is 11.9. The highest BCUT2D eigenvalue weighted by atomic mass is 127. The van der Waals surface area contributed by atoms with Crippen molar-refractivity contribution in [1.82, 2.24) is 15.6 Å². The number of halogens is 1. The summed E-state index contributed by atoms with van der Waals surface area (Å²) in [4.78, 5) is 11.6. The Hall–Kier alpha value is -1.83. The smallest absolute Gasteiger partial charge is 0.191 e. The number of nitrogens with one attached hydrogen (secondary N) is 2. The highest BCUT2D eigenvalue weighted by molar-refractivity contribution is 14.0. The molecule has 28 heavy (non-hydrogen) atoms. The van der Waals surface area contributed by atoms with Crippen LogP contribution in [0.4, 0.5) is 5.69 Å². The van der Waals surface area contributed by atoms with Gasteiger partial charge in [-0.2, -0.15) is 0 Å². The van der Waals surface area contributed by atoms with E-state index in [0.717, 1.165) is 44.3 Å². The second-order valence-corrected chi connectivity index (χ2v) is 7.08. The zero-order valence-electron chi connectivity index (χ0n) is 16.9. The number of para-hydroxylation sites is 1. The molecule has 1 aromatic heterocycles. The molecule has 0 amide bonds. The molecular weight excluding hydrogens is 461 g/mol. The van der Waals surface area contributed by atoms with Gasteiger partial charge in [-0.15, -0.1) is 24.0 Å². The van der Waals surface area contributed by atoms with Crippen molar-refractivity contribution in [2.45, 2.75) is 39.2 Å². The van der Waals surface area contributed by atoms with Crippen molar-refractivity contribution in [2.75, 3.05) is 31.1 Å². The first-order chi connectivity index (χ1) is 13.2. The Morgan fingerprint density at radius 3 is 2.75 bits per heavy atom. The van der Waals surface area contributed by atoms with E-state index in [1.807, 2.05) is 13.1 Å². The van der Waals surface area contributed by atoms with Gasteiger partial charge in [-0.1, -0.05) is 24.3 Å². The molecule has 0 spiro atoms. The number of pyridine rings is 1. The number of anilines is 1. The van der Waals surface area contributed by atoms with Gasteiger partial charge in [0, 0.05) is 49.8 Å². The van der Waals surface area contributed by atoms with Crippen molar-refractivity contribution < 1.29 is 0 Å². The monoisotopic (exact) mass is 493 g/mol. The van der Waals surface area contributed by atoms with Crippen LogP contribution in [0, 0.1) is 6.92 Å². The molecule has 0 bridgehead atoms. The first kappa shape index (κ1) is 22.5. The van der Waals surface area contributed by atoms with Gasteiger partial charge in [-0.3, -0.25) is 9.98 Å². The van der Waals surface area contributed by atoms with E-state index in [4.69, 9.17) is 4.99 Å². The highest BCUT2D eigenvalue weighted by Crippen LogP contribution is 2.19. The van der Waals surface area contributed by atoms with E-state index in [2.05, 4.69) is 69.9 Å². The third-order valence-electron chi connectivity index (χ3n) is 4.87. The van der Waals surface area contributed by atoms with Crippen LogP contribution >= 0.6 is 24.0 Å². The molecule has 0 aliphatic carbocycles. The summed E-state index contributed by atoms with van der Waals surface area (Å²) in [6.45, 7) is 7.88. The van der Waals surface area contributed by atoms with Crippen LogP contribution in [-0.2, 0) is 6.42 Å². The molecule has 3 rings (SSSR count). The highest BCUT2D eigenvalue weighted by Gasteiger charge is 2.20. The van der Waals surface area contributed by atoms with E-state index in [-0.39, 0.29) is 24.0 Å². The topological polar surface area (TPSA) is 52.6 Å². The number of nitrogens with zero attached hydrogens (tertiary/aromatic N) is 3. The van der Waals surface area contributed by atoms with Crippen LogP contribution in [0.25, 0.3) is 0 Å². The molecule has 1 aromatic carbocycles. The van der Waals surface area contributed by atoms with Crippen molar-refractivity contribution in [3.05, 3.63) is 59.9 Å². The fourth-order valence-corrected chi connectivity index (χ4v) is 3.42. The predicted octanol–water partition coefficient (Wildman–Crippen LogP) is 3.77. The average Bonchev–Trinajstić information content (AvgIpc) is 2.70. The summed E-state index contributed by atoms with van der Waals surface area (Å²) >= 11 is 0. The Morgan fingerprint density at radius 1 is 1.21 bits per heavy atom. The molecule has 1 atom stereocenters. The Balaban J connectivity index is 0.00000280. The summed E-state index contributed by atoms with van der Waals surface area (Å²) in [6, 6.07) is 15.3. The SMILES string of the molecule is CCNC(=NCCc1ccc(C)nc1)NC1CCCN(c2ccccc2)C1.I. The molecule has 152 valence electrons. The number of piperidine rings is 1. The van der Waals surface area contributed by atoms with E-state index >= 15 is 0 Å². The molecule has 1 unspecified atom stereocenters. The quantitative estimate of drug-likeness (QED) is 0.366. The van der Waals surface area contributed by atoms with Crippen molar-refractivity contribution in [1.29, 1.82) is 0 Å². The van der Waals surface area contributed by atoms with Crippen LogP contribution in [0.3, 0.4) is 0 Å². The van der Waals surface area contributed by atoms with Crippen molar-refractivity contribution in [3.8, 4) is 0 Å². The van der Waals surface area contributed by atoms with E-state index in [1.54, 1.807) is 0 Å². The molecule has 1 saturated heterocycles. The summed E-state index contributed by atoms with van der Waals surface area (Å²) in [5.41, 5.74) is 3.59. The van der Waals surface area contributed by atoms with E-state index in [0.29, 0.717) is 6.04 Å². The maximum Gasteiger partial charge on any atom is 0.191 e.